The van der Waals surface area contributed by atoms with E-state index in [0.717, 1.165) is 24.0 Å². The van der Waals surface area contributed by atoms with Gasteiger partial charge in [0.25, 0.3) is 0 Å². The van der Waals surface area contributed by atoms with Crippen LogP contribution in [0.1, 0.15) is 24.0 Å². The standard InChI is InChI=1S/C20H22FNO3/c1-14-2-8-18(9-3-14)25-13-17(23)12-22-19(24)20(10-11-20)15-4-6-16(21)7-5-15/h2-9,17,23H,10-13H2,1H3,(H,22,24). The lowest BCUT2D eigenvalue weighted by molar-refractivity contribution is -0.124. The van der Waals surface area contributed by atoms with Crippen LogP contribution in [0, 0.1) is 12.7 Å². The highest BCUT2D eigenvalue weighted by molar-refractivity contribution is 5.91. The number of aryl methyl sites for hydroxylation is 1. The Morgan fingerprint density at radius 3 is 2.44 bits per heavy atom. The van der Waals surface area contributed by atoms with Crippen LogP contribution in [0.4, 0.5) is 4.39 Å². The first-order chi connectivity index (χ1) is 12.0. The van der Waals surface area contributed by atoms with Crippen LogP contribution in [0.5, 0.6) is 5.75 Å². The fourth-order valence-corrected chi connectivity index (χ4v) is 2.81. The van der Waals surface area contributed by atoms with Gasteiger partial charge in [-0.2, -0.15) is 0 Å². The number of aliphatic hydroxyl groups excluding tert-OH is 1. The minimum absolute atomic E-state index is 0.104. The quantitative estimate of drug-likeness (QED) is 0.813. The van der Waals surface area contributed by atoms with Crippen molar-refractivity contribution in [3.63, 3.8) is 0 Å². The second kappa shape index (κ2) is 7.23. The van der Waals surface area contributed by atoms with Crippen molar-refractivity contribution in [3.8, 4) is 5.75 Å². The van der Waals surface area contributed by atoms with Crippen LogP contribution in [0.25, 0.3) is 0 Å². The third kappa shape index (κ3) is 4.17. The zero-order chi connectivity index (χ0) is 17.9. The molecule has 4 nitrogen and oxygen atoms in total. The molecule has 0 aliphatic heterocycles. The summed E-state index contributed by atoms with van der Waals surface area (Å²) in [6.07, 6.45) is 0.676. The molecular formula is C20H22FNO3. The molecule has 1 saturated carbocycles. The highest BCUT2D eigenvalue weighted by Crippen LogP contribution is 2.48. The van der Waals surface area contributed by atoms with Gasteiger partial charge in [-0.25, -0.2) is 4.39 Å². The molecule has 1 atom stereocenters. The number of amides is 1. The van der Waals surface area contributed by atoms with E-state index < -0.39 is 11.5 Å². The summed E-state index contributed by atoms with van der Waals surface area (Å²) in [7, 11) is 0. The van der Waals surface area contributed by atoms with Crippen molar-refractivity contribution in [2.75, 3.05) is 13.2 Å². The molecule has 25 heavy (non-hydrogen) atoms. The largest absolute Gasteiger partial charge is 0.491 e. The third-order valence-corrected chi connectivity index (χ3v) is 4.54. The molecule has 0 bridgehead atoms. The fourth-order valence-electron chi connectivity index (χ4n) is 2.81. The Balaban J connectivity index is 1.48. The first-order valence-corrected chi connectivity index (χ1v) is 8.41. The van der Waals surface area contributed by atoms with E-state index in [9.17, 15) is 14.3 Å². The van der Waals surface area contributed by atoms with Crippen LogP contribution in [0.15, 0.2) is 48.5 Å². The fraction of sp³-hybridized carbons (Fsp3) is 0.350. The molecule has 1 aliphatic rings. The molecule has 1 aliphatic carbocycles. The monoisotopic (exact) mass is 343 g/mol. The van der Waals surface area contributed by atoms with Crippen molar-refractivity contribution in [2.45, 2.75) is 31.3 Å². The second-order valence-electron chi connectivity index (χ2n) is 6.58. The number of carbonyl (C=O) groups excluding carboxylic acids is 1. The predicted octanol–water partition coefficient (Wildman–Crippen LogP) is 2.72. The lowest BCUT2D eigenvalue weighted by Crippen LogP contribution is -2.40. The molecule has 2 aromatic carbocycles. The van der Waals surface area contributed by atoms with E-state index in [1.807, 2.05) is 31.2 Å². The van der Waals surface area contributed by atoms with Gasteiger partial charge in [-0.15, -0.1) is 0 Å². The highest BCUT2D eigenvalue weighted by atomic mass is 19.1. The molecule has 0 radical (unpaired) electrons. The summed E-state index contributed by atoms with van der Waals surface area (Å²) in [4.78, 5) is 12.5. The molecule has 1 amide bonds. The topological polar surface area (TPSA) is 58.6 Å². The van der Waals surface area contributed by atoms with E-state index in [4.69, 9.17) is 4.74 Å². The maximum absolute atomic E-state index is 13.0. The average Bonchev–Trinajstić information content (AvgIpc) is 3.41. The Kier molecular flexibility index (Phi) is 5.04. The molecular weight excluding hydrogens is 321 g/mol. The van der Waals surface area contributed by atoms with Crippen molar-refractivity contribution >= 4 is 5.91 Å². The van der Waals surface area contributed by atoms with Crippen LogP contribution >= 0.6 is 0 Å². The van der Waals surface area contributed by atoms with Gasteiger partial charge in [-0.05, 0) is 49.6 Å². The molecule has 0 heterocycles. The molecule has 132 valence electrons. The molecule has 1 unspecified atom stereocenters. The molecule has 0 spiro atoms. The number of hydrogen-bond donors (Lipinski definition) is 2. The summed E-state index contributed by atoms with van der Waals surface area (Å²) < 4.78 is 18.6. The van der Waals surface area contributed by atoms with Crippen LogP contribution in [0.2, 0.25) is 0 Å². The van der Waals surface area contributed by atoms with E-state index >= 15 is 0 Å². The number of halogens is 1. The number of benzene rings is 2. The van der Waals surface area contributed by atoms with Gasteiger partial charge in [0.05, 0.1) is 5.41 Å². The van der Waals surface area contributed by atoms with Crippen LogP contribution < -0.4 is 10.1 Å². The van der Waals surface area contributed by atoms with Crippen LogP contribution in [0.3, 0.4) is 0 Å². The molecule has 3 rings (SSSR count). The molecule has 1 fully saturated rings. The van der Waals surface area contributed by atoms with Crippen LogP contribution in [-0.2, 0) is 10.2 Å². The van der Waals surface area contributed by atoms with Crippen molar-refractivity contribution in [3.05, 3.63) is 65.5 Å². The molecule has 2 aromatic rings. The summed E-state index contributed by atoms with van der Waals surface area (Å²) in [6.45, 7) is 2.21. The van der Waals surface area contributed by atoms with Gasteiger partial charge in [-0.3, -0.25) is 4.79 Å². The number of rotatable bonds is 7. The van der Waals surface area contributed by atoms with Gasteiger partial charge in [0.2, 0.25) is 5.91 Å². The molecule has 0 aromatic heterocycles. The van der Waals surface area contributed by atoms with Crippen molar-refractivity contribution in [2.24, 2.45) is 0 Å². The van der Waals surface area contributed by atoms with Gasteiger partial charge < -0.3 is 15.2 Å². The number of carbonyl (C=O) groups is 1. The lowest BCUT2D eigenvalue weighted by Gasteiger charge is -2.18. The normalized spacial score (nSPS) is 16.1. The molecule has 2 N–H and O–H groups in total. The molecule has 0 saturated heterocycles. The zero-order valence-electron chi connectivity index (χ0n) is 14.2. The summed E-state index contributed by atoms with van der Waals surface area (Å²) in [5, 5.41) is 12.8. The minimum Gasteiger partial charge on any atom is -0.491 e. The van der Waals surface area contributed by atoms with Gasteiger partial charge in [0, 0.05) is 6.54 Å². The summed E-state index contributed by atoms with van der Waals surface area (Å²) in [5.74, 6) is 0.234. The number of aliphatic hydroxyl groups is 1. The first kappa shape index (κ1) is 17.4. The van der Waals surface area contributed by atoms with Gasteiger partial charge >= 0.3 is 0 Å². The summed E-state index contributed by atoms with van der Waals surface area (Å²) in [6, 6.07) is 13.6. The Hall–Kier alpha value is -2.40. The zero-order valence-corrected chi connectivity index (χ0v) is 14.2. The smallest absolute Gasteiger partial charge is 0.230 e. The highest BCUT2D eigenvalue weighted by Gasteiger charge is 2.51. The van der Waals surface area contributed by atoms with Crippen molar-refractivity contribution < 1.29 is 19.0 Å². The summed E-state index contributed by atoms with van der Waals surface area (Å²) in [5.41, 5.74) is 1.37. The average molecular weight is 343 g/mol. The second-order valence-corrected chi connectivity index (χ2v) is 6.58. The van der Waals surface area contributed by atoms with E-state index in [0.29, 0.717) is 5.75 Å². The summed E-state index contributed by atoms with van der Waals surface area (Å²) >= 11 is 0. The Labute approximate surface area is 146 Å². The third-order valence-electron chi connectivity index (χ3n) is 4.54. The van der Waals surface area contributed by atoms with Gasteiger partial charge in [-0.1, -0.05) is 29.8 Å². The van der Waals surface area contributed by atoms with Crippen LogP contribution in [-0.4, -0.2) is 30.3 Å². The Morgan fingerprint density at radius 1 is 1.20 bits per heavy atom. The van der Waals surface area contributed by atoms with E-state index in [-0.39, 0.29) is 24.9 Å². The van der Waals surface area contributed by atoms with Crippen molar-refractivity contribution in [1.29, 1.82) is 0 Å². The number of nitrogens with one attached hydrogen (secondary N) is 1. The number of hydrogen-bond acceptors (Lipinski definition) is 3. The SMILES string of the molecule is Cc1ccc(OCC(O)CNC(=O)C2(c3ccc(F)cc3)CC2)cc1. The lowest BCUT2D eigenvalue weighted by atomic mass is 9.95. The predicted molar refractivity (Wildman–Crippen MR) is 93.0 cm³/mol. The van der Waals surface area contributed by atoms with E-state index in [1.54, 1.807) is 12.1 Å². The Bertz CT molecular complexity index is 724. The number of ether oxygens (including phenoxy) is 1. The minimum atomic E-state index is -0.797. The first-order valence-electron chi connectivity index (χ1n) is 8.41. The van der Waals surface area contributed by atoms with E-state index in [2.05, 4.69) is 5.32 Å². The molecule has 5 heteroatoms. The van der Waals surface area contributed by atoms with Crippen molar-refractivity contribution in [1.82, 2.24) is 5.32 Å². The van der Waals surface area contributed by atoms with Gasteiger partial charge in [0.15, 0.2) is 0 Å². The van der Waals surface area contributed by atoms with E-state index in [1.165, 1.54) is 12.1 Å². The maximum Gasteiger partial charge on any atom is 0.230 e. The maximum atomic E-state index is 13.0. The van der Waals surface area contributed by atoms with Gasteiger partial charge in [0.1, 0.15) is 24.3 Å². The Morgan fingerprint density at radius 2 is 1.84 bits per heavy atom.